The van der Waals surface area contributed by atoms with Crippen molar-refractivity contribution in [2.24, 2.45) is 0 Å². The summed E-state index contributed by atoms with van der Waals surface area (Å²) in [5.74, 6) is 0.0605. The second-order valence-corrected chi connectivity index (χ2v) is 11.4. The summed E-state index contributed by atoms with van der Waals surface area (Å²) in [6, 6.07) is 16.4. The van der Waals surface area contributed by atoms with Crippen molar-refractivity contribution in [3.8, 4) is 0 Å². The van der Waals surface area contributed by atoms with E-state index in [-0.39, 0.29) is 18.0 Å². The average Bonchev–Trinajstić information content (AvgIpc) is 3.48. The van der Waals surface area contributed by atoms with E-state index in [0.29, 0.717) is 18.5 Å². The van der Waals surface area contributed by atoms with Crippen LogP contribution in [0.1, 0.15) is 67.2 Å². The molecular weight excluding hydrogens is 478 g/mol. The summed E-state index contributed by atoms with van der Waals surface area (Å²) in [5.41, 5.74) is 4.17. The van der Waals surface area contributed by atoms with Gasteiger partial charge in [-0.25, -0.2) is 4.79 Å². The number of amides is 1. The SMILES string of the molecule is CC(C)(C)OC(=O)n1cc2c(n1)CCC(N(C(=O)c1cccc3c1cnn3Cc1ccccc1)C1CC1)C2. The summed E-state index contributed by atoms with van der Waals surface area (Å²) in [5, 5.41) is 10.0. The van der Waals surface area contributed by atoms with Gasteiger partial charge >= 0.3 is 6.09 Å². The summed E-state index contributed by atoms with van der Waals surface area (Å²) in [6.07, 6.45) is 7.40. The molecule has 0 spiro atoms. The molecule has 2 aliphatic rings. The van der Waals surface area contributed by atoms with Crippen molar-refractivity contribution in [1.82, 2.24) is 24.5 Å². The fourth-order valence-corrected chi connectivity index (χ4v) is 5.42. The van der Waals surface area contributed by atoms with Crippen molar-refractivity contribution in [2.45, 2.75) is 77.1 Å². The number of hydrogen-bond donors (Lipinski definition) is 0. The molecule has 0 aliphatic heterocycles. The van der Waals surface area contributed by atoms with Crippen molar-refractivity contribution in [1.29, 1.82) is 0 Å². The summed E-state index contributed by atoms with van der Waals surface area (Å²) in [4.78, 5) is 28.7. The second kappa shape index (κ2) is 9.42. The van der Waals surface area contributed by atoms with Crippen LogP contribution in [-0.2, 0) is 24.1 Å². The van der Waals surface area contributed by atoms with E-state index in [1.54, 1.807) is 6.20 Å². The smallest absolute Gasteiger partial charge is 0.435 e. The molecule has 196 valence electrons. The third-order valence-electron chi connectivity index (χ3n) is 7.29. The maximum absolute atomic E-state index is 14.1. The number of aromatic nitrogens is 4. The average molecular weight is 512 g/mol. The lowest BCUT2D eigenvalue weighted by Crippen LogP contribution is -2.44. The van der Waals surface area contributed by atoms with Crippen molar-refractivity contribution in [3.05, 3.63) is 83.3 Å². The number of carbonyl (C=O) groups excluding carboxylic acids is 2. The molecule has 0 radical (unpaired) electrons. The molecule has 4 aromatic rings. The molecule has 2 aromatic heterocycles. The van der Waals surface area contributed by atoms with Gasteiger partial charge in [-0.05, 0) is 76.1 Å². The number of carbonyl (C=O) groups is 2. The molecular formula is C30H33N5O3. The lowest BCUT2D eigenvalue weighted by atomic mass is 9.91. The molecule has 0 bridgehead atoms. The zero-order valence-electron chi connectivity index (χ0n) is 22.1. The quantitative estimate of drug-likeness (QED) is 0.367. The standard InChI is InChI=1S/C30H33N5O3/c1-30(2,3)38-29(37)34-19-21-16-23(14-15-26(21)32-34)35(22-12-13-22)28(36)24-10-7-11-27-25(24)17-31-33(27)18-20-8-5-4-6-9-20/h4-11,17,19,22-23H,12-16,18H2,1-3H3. The van der Waals surface area contributed by atoms with E-state index in [4.69, 9.17) is 4.74 Å². The van der Waals surface area contributed by atoms with Crippen LogP contribution in [0.15, 0.2) is 60.9 Å². The summed E-state index contributed by atoms with van der Waals surface area (Å²) < 4.78 is 8.76. The minimum absolute atomic E-state index is 0.0605. The zero-order valence-corrected chi connectivity index (χ0v) is 22.1. The maximum Gasteiger partial charge on any atom is 0.435 e. The van der Waals surface area contributed by atoms with Gasteiger partial charge < -0.3 is 9.64 Å². The fraction of sp³-hybridized carbons (Fsp3) is 0.400. The van der Waals surface area contributed by atoms with Gasteiger partial charge in [0.1, 0.15) is 5.60 Å². The van der Waals surface area contributed by atoms with Crippen LogP contribution in [0.4, 0.5) is 4.79 Å². The van der Waals surface area contributed by atoms with E-state index in [1.165, 1.54) is 10.2 Å². The highest BCUT2D eigenvalue weighted by molar-refractivity contribution is 6.06. The Morgan fingerprint density at radius 3 is 2.55 bits per heavy atom. The minimum Gasteiger partial charge on any atom is -0.442 e. The number of benzene rings is 2. The van der Waals surface area contributed by atoms with E-state index >= 15 is 0 Å². The zero-order chi connectivity index (χ0) is 26.4. The normalized spacial score (nSPS) is 17.3. The second-order valence-electron chi connectivity index (χ2n) is 11.4. The Kier molecular flexibility index (Phi) is 6.05. The van der Waals surface area contributed by atoms with Crippen LogP contribution in [0.25, 0.3) is 10.9 Å². The Balaban J connectivity index is 1.25. The van der Waals surface area contributed by atoms with Gasteiger partial charge in [-0.1, -0.05) is 36.4 Å². The van der Waals surface area contributed by atoms with Crippen molar-refractivity contribution in [2.75, 3.05) is 0 Å². The van der Waals surface area contributed by atoms with E-state index in [0.717, 1.165) is 47.8 Å². The first-order valence-electron chi connectivity index (χ1n) is 13.4. The van der Waals surface area contributed by atoms with Crippen LogP contribution < -0.4 is 0 Å². The van der Waals surface area contributed by atoms with Gasteiger partial charge in [0.05, 0.1) is 29.5 Å². The predicted octanol–water partition coefficient (Wildman–Crippen LogP) is 5.23. The van der Waals surface area contributed by atoms with Crippen LogP contribution >= 0.6 is 0 Å². The number of fused-ring (bicyclic) bond motifs is 2. The highest BCUT2D eigenvalue weighted by Crippen LogP contribution is 2.36. The highest BCUT2D eigenvalue weighted by Gasteiger charge is 2.40. The Hall–Kier alpha value is -3.94. The fourth-order valence-electron chi connectivity index (χ4n) is 5.42. The molecule has 2 heterocycles. The molecule has 1 amide bonds. The topological polar surface area (TPSA) is 82.2 Å². The first-order chi connectivity index (χ1) is 18.3. The van der Waals surface area contributed by atoms with Gasteiger partial charge in [0, 0.05) is 23.7 Å². The van der Waals surface area contributed by atoms with Crippen molar-refractivity contribution < 1.29 is 14.3 Å². The van der Waals surface area contributed by atoms with Gasteiger partial charge in [0.15, 0.2) is 0 Å². The summed E-state index contributed by atoms with van der Waals surface area (Å²) in [7, 11) is 0. The number of nitrogens with zero attached hydrogens (tertiary/aromatic N) is 5. The molecule has 1 fully saturated rings. The molecule has 2 aliphatic carbocycles. The molecule has 2 aromatic carbocycles. The maximum atomic E-state index is 14.1. The van der Waals surface area contributed by atoms with Crippen LogP contribution in [0.2, 0.25) is 0 Å². The molecule has 6 rings (SSSR count). The summed E-state index contributed by atoms with van der Waals surface area (Å²) in [6.45, 7) is 6.18. The van der Waals surface area contributed by atoms with E-state index in [9.17, 15) is 9.59 Å². The van der Waals surface area contributed by atoms with Gasteiger partial charge in [-0.3, -0.25) is 9.48 Å². The van der Waals surface area contributed by atoms with E-state index in [1.807, 2.05) is 68.0 Å². The molecule has 8 nitrogen and oxygen atoms in total. The monoisotopic (exact) mass is 511 g/mol. The molecule has 1 saturated carbocycles. The number of rotatable bonds is 5. The van der Waals surface area contributed by atoms with Crippen molar-refractivity contribution >= 4 is 22.9 Å². The third-order valence-corrected chi connectivity index (χ3v) is 7.29. The van der Waals surface area contributed by atoms with E-state index in [2.05, 4.69) is 27.2 Å². The first kappa shape index (κ1) is 24.4. The van der Waals surface area contributed by atoms with Crippen LogP contribution in [0.5, 0.6) is 0 Å². The third kappa shape index (κ3) is 4.83. The number of aryl methyl sites for hydroxylation is 1. The van der Waals surface area contributed by atoms with Gasteiger partial charge in [-0.15, -0.1) is 0 Å². The Morgan fingerprint density at radius 2 is 1.82 bits per heavy atom. The van der Waals surface area contributed by atoms with Gasteiger partial charge in [0.25, 0.3) is 5.91 Å². The Labute approximate surface area is 222 Å². The largest absolute Gasteiger partial charge is 0.442 e. The van der Waals surface area contributed by atoms with Crippen LogP contribution in [0, 0.1) is 0 Å². The van der Waals surface area contributed by atoms with Gasteiger partial charge in [-0.2, -0.15) is 14.9 Å². The van der Waals surface area contributed by atoms with E-state index < -0.39 is 11.7 Å². The van der Waals surface area contributed by atoms with Crippen LogP contribution in [-0.4, -0.2) is 54.1 Å². The molecule has 0 N–H and O–H groups in total. The highest BCUT2D eigenvalue weighted by atomic mass is 16.6. The predicted molar refractivity (Wildman–Crippen MR) is 144 cm³/mol. The molecule has 1 unspecified atom stereocenters. The summed E-state index contributed by atoms with van der Waals surface area (Å²) >= 11 is 0. The minimum atomic E-state index is -0.586. The van der Waals surface area contributed by atoms with Crippen LogP contribution in [0.3, 0.4) is 0 Å². The lowest BCUT2D eigenvalue weighted by molar-refractivity contribution is 0.0513. The molecule has 38 heavy (non-hydrogen) atoms. The van der Waals surface area contributed by atoms with Crippen molar-refractivity contribution in [3.63, 3.8) is 0 Å². The molecule has 8 heteroatoms. The van der Waals surface area contributed by atoms with Gasteiger partial charge in [0.2, 0.25) is 0 Å². The number of hydrogen-bond acceptors (Lipinski definition) is 5. The number of ether oxygens (including phenoxy) is 1. The lowest BCUT2D eigenvalue weighted by Gasteiger charge is -2.34. The first-order valence-corrected chi connectivity index (χ1v) is 13.4. The molecule has 0 saturated heterocycles. The molecule has 1 atom stereocenters. The Morgan fingerprint density at radius 1 is 1.03 bits per heavy atom. The Bertz CT molecular complexity index is 1490.